The van der Waals surface area contributed by atoms with Crippen LogP contribution in [-0.2, 0) is 17.7 Å². The number of halogens is 1. The van der Waals surface area contributed by atoms with Gasteiger partial charge in [0.05, 0.1) is 13.2 Å². The number of aliphatic imine (C=N–C) groups is 1. The lowest BCUT2D eigenvalue weighted by molar-refractivity contribution is 0.122. The summed E-state index contributed by atoms with van der Waals surface area (Å²) in [6.45, 7) is 4.93. The van der Waals surface area contributed by atoms with E-state index >= 15 is 0 Å². The first-order valence-corrected chi connectivity index (χ1v) is 9.74. The molecule has 1 aliphatic rings. The number of para-hydroxylation sites is 1. The van der Waals surface area contributed by atoms with E-state index in [0.717, 1.165) is 62.4 Å². The highest BCUT2D eigenvalue weighted by atomic mass is 35.5. The van der Waals surface area contributed by atoms with Gasteiger partial charge in [-0.15, -0.1) is 0 Å². The van der Waals surface area contributed by atoms with E-state index in [1.165, 1.54) is 11.3 Å². The van der Waals surface area contributed by atoms with Gasteiger partial charge in [0, 0.05) is 43.9 Å². The molecule has 0 aliphatic carbocycles. The van der Waals surface area contributed by atoms with Gasteiger partial charge in [0.25, 0.3) is 0 Å². The van der Waals surface area contributed by atoms with Crippen LogP contribution in [0.4, 0.5) is 5.69 Å². The van der Waals surface area contributed by atoms with E-state index in [0.29, 0.717) is 0 Å². The van der Waals surface area contributed by atoms with Crippen molar-refractivity contribution >= 4 is 23.2 Å². The molecule has 0 unspecified atom stereocenters. The largest absolute Gasteiger partial charge is 0.378 e. The van der Waals surface area contributed by atoms with Crippen molar-refractivity contribution in [3.05, 3.63) is 64.7 Å². The minimum Gasteiger partial charge on any atom is -0.378 e. The number of nitrogens with zero attached hydrogens (tertiary/aromatic N) is 2. The highest BCUT2D eigenvalue weighted by Gasteiger charge is 2.14. The Labute approximate surface area is 166 Å². The highest BCUT2D eigenvalue weighted by molar-refractivity contribution is 6.31. The monoisotopic (exact) mass is 386 g/mol. The van der Waals surface area contributed by atoms with E-state index in [4.69, 9.17) is 16.3 Å². The zero-order chi connectivity index (χ0) is 18.9. The quantitative estimate of drug-likeness (QED) is 0.591. The Morgan fingerprint density at radius 3 is 2.48 bits per heavy atom. The molecular weight excluding hydrogens is 360 g/mol. The van der Waals surface area contributed by atoms with Gasteiger partial charge in [0.1, 0.15) is 0 Å². The predicted octanol–water partition coefficient (Wildman–Crippen LogP) is 3.08. The number of benzene rings is 2. The molecule has 144 valence electrons. The summed E-state index contributed by atoms with van der Waals surface area (Å²) in [7, 11) is 1.79. The Kier molecular flexibility index (Phi) is 7.36. The van der Waals surface area contributed by atoms with Gasteiger partial charge in [-0.25, -0.2) is 0 Å². The van der Waals surface area contributed by atoms with Gasteiger partial charge in [-0.3, -0.25) is 4.99 Å². The van der Waals surface area contributed by atoms with Crippen LogP contribution in [0.25, 0.3) is 0 Å². The van der Waals surface area contributed by atoms with Crippen molar-refractivity contribution < 1.29 is 4.74 Å². The van der Waals surface area contributed by atoms with Gasteiger partial charge in [-0.05, 0) is 29.7 Å². The molecule has 0 amide bonds. The molecule has 2 N–H and O–H groups in total. The molecule has 1 heterocycles. The maximum atomic E-state index is 6.22. The minimum atomic E-state index is 0.722. The van der Waals surface area contributed by atoms with E-state index in [1.54, 1.807) is 7.05 Å². The standard InChI is InChI=1S/C21H27ClN4O/c1-23-21(24-11-10-17-6-2-4-8-19(17)22)25-16-18-7-3-5-9-20(18)26-12-14-27-15-13-26/h2-9H,10-16H2,1H3,(H2,23,24,25). The Bertz CT molecular complexity index is 759. The molecule has 0 atom stereocenters. The fraction of sp³-hybridized carbons (Fsp3) is 0.381. The number of nitrogens with one attached hydrogen (secondary N) is 2. The average molecular weight is 387 g/mol. The SMILES string of the molecule is CN=C(NCCc1ccccc1Cl)NCc1ccccc1N1CCOCC1. The topological polar surface area (TPSA) is 48.9 Å². The Hall–Kier alpha value is -2.24. The molecule has 0 radical (unpaired) electrons. The van der Waals surface area contributed by atoms with Crippen molar-refractivity contribution in [1.82, 2.24) is 10.6 Å². The number of morpholine rings is 1. The number of anilines is 1. The van der Waals surface area contributed by atoms with E-state index in [9.17, 15) is 0 Å². The van der Waals surface area contributed by atoms with E-state index in [2.05, 4.69) is 50.9 Å². The maximum Gasteiger partial charge on any atom is 0.191 e. The first kappa shape index (κ1) is 19.5. The first-order chi connectivity index (χ1) is 13.3. The number of ether oxygens (including phenoxy) is 1. The summed E-state index contributed by atoms with van der Waals surface area (Å²) >= 11 is 6.22. The lowest BCUT2D eigenvalue weighted by atomic mass is 10.1. The van der Waals surface area contributed by atoms with Gasteiger partial charge < -0.3 is 20.3 Å². The van der Waals surface area contributed by atoms with E-state index < -0.39 is 0 Å². The number of hydrogen-bond acceptors (Lipinski definition) is 3. The number of hydrogen-bond donors (Lipinski definition) is 2. The second kappa shape index (κ2) is 10.2. The third kappa shape index (κ3) is 5.62. The van der Waals surface area contributed by atoms with Crippen LogP contribution in [0.2, 0.25) is 5.02 Å². The van der Waals surface area contributed by atoms with Crippen LogP contribution in [-0.4, -0.2) is 45.9 Å². The summed E-state index contributed by atoms with van der Waals surface area (Å²) in [5.74, 6) is 0.791. The van der Waals surface area contributed by atoms with Gasteiger partial charge in [0.2, 0.25) is 0 Å². The fourth-order valence-electron chi connectivity index (χ4n) is 3.19. The summed E-state index contributed by atoms with van der Waals surface area (Å²) in [5, 5.41) is 7.58. The van der Waals surface area contributed by atoms with Crippen LogP contribution in [0.15, 0.2) is 53.5 Å². The number of rotatable bonds is 6. The molecule has 1 fully saturated rings. The zero-order valence-corrected chi connectivity index (χ0v) is 16.5. The van der Waals surface area contributed by atoms with Crippen LogP contribution in [0, 0.1) is 0 Å². The van der Waals surface area contributed by atoms with Crippen molar-refractivity contribution in [3.8, 4) is 0 Å². The van der Waals surface area contributed by atoms with E-state index in [1.807, 2.05) is 18.2 Å². The predicted molar refractivity (Wildman–Crippen MR) is 113 cm³/mol. The van der Waals surface area contributed by atoms with Gasteiger partial charge >= 0.3 is 0 Å². The molecule has 6 heteroatoms. The normalized spacial score (nSPS) is 14.9. The summed E-state index contributed by atoms with van der Waals surface area (Å²) in [5.41, 5.74) is 3.66. The van der Waals surface area contributed by atoms with Crippen LogP contribution >= 0.6 is 11.6 Å². The Morgan fingerprint density at radius 2 is 1.74 bits per heavy atom. The van der Waals surface area contributed by atoms with Crippen LogP contribution in [0.3, 0.4) is 0 Å². The molecular formula is C21H27ClN4O. The average Bonchev–Trinajstić information content (AvgIpc) is 2.72. The van der Waals surface area contributed by atoms with Crippen LogP contribution in [0.5, 0.6) is 0 Å². The Morgan fingerprint density at radius 1 is 1.04 bits per heavy atom. The summed E-state index contributed by atoms with van der Waals surface area (Å²) in [6, 6.07) is 16.4. The molecule has 0 saturated carbocycles. The second-order valence-corrected chi connectivity index (χ2v) is 6.83. The molecule has 1 saturated heterocycles. The van der Waals surface area contributed by atoms with Crippen LogP contribution < -0.4 is 15.5 Å². The molecule has 1 aliphatic heterocycles. The van der Waals surface area contributed by atoms with Crippen molar-refractivity contribution in [1.29, 1.82) is 0 Å². The molecule has 0 spiro atoms. The fourth-order valence-corrected chi connectivity index (χ4v) is 3.42. The third-order valence-corrected chi connectivity index (χ3v) is 5.03. The first-order valence-electron chi connectivity index (χ1n) is 9.36. The molecule has 27 heavy (non-hydrogen) atoms. The zero-order valence-electron chi connectivity index (χ0n) is 15.7. The Balaban J connectivity index is 1.53. The number of guanidine groups is 1. The smallest absolute Gasteiger partial charge is 0.191 e. The molecule has 0 aromatic heterocycles. The van der Waals surface area contributed by atoms with Crippen molar-refractivity contribution in [2.24, 2.45) is 4.99 Å². The van der Waals surface area contributed by atoms with Gasteiger partial charge in [-0.1, -0.05) is 48.0 Å². The molecule has 5 nitrogen and oxygen atoms in total. The summed E-state index contributed by atoms with van der Waals surface area (Å²) in [4.78, 5) is 6.71. The van der Waals surface area contributed by atoms with Crippen LogP contribution in [0.1, 0.15) is 11.1 Å². The lowest BCUT2D eigenvalue weighted by Gasteiger charge is -2.30. The van der Waals surface area contributed by atoms with Crippen molar-refractivity contribution in [2.75, 3.05) is 44.8 Å². The minimum absolute atomic E-state index is 0.722. The maximum absolute atomic E-state index is 6.22. The summed E-state index contributed by atoms with van der Waals surface area (Å²) < 4.78 is 5.47. The molecule has 2 aromatic rings. The molecule has 2 aromatic carbocycles. The third-order valence-electron chi connectivity index (χ3n) is 4.66. The lowest BCUT2D eigenvalue weighted by Crippen LogP contribution is -2.39. The van der Waals surface area contributed by atoms with Crippen molar-refractivity contribution in [3.63, 3.8) is 0 Å². The molecule has 3 rings (SSSR count). The highest BCUT2D eigenvalue weighted by Crippen LogP contribution is 2.21. The van der Waals surface area contributed by atoms with Gasteiger partial charge in [-0.2, -0.15) is 0 Å². The van der Waals surface area contributed by atoms with Crippen molar-refractivity contribution in [2.45, 2.75) is 13.0 Å². The van der Waals surface area contributed by atoms with Gasteiger partial charge in [0.15, 0.2) is 5.96 Å². The second-order valence-electron chi connectivity index (χ2n) is 6.42. The summed E-state index contributed by atoms with van der Waals surface area (Å²) in [6.07, 6.45) is 0.852. The van der Waals surface area contributed by atoms with E-state index in [-0.39, 0.29) is 0 Å². The molecule has 0 bridgehead atoms.